The molecule has 0 aromatic carbocycles. The Morgan fingerprint density at radius 1 is 1.31 bits per heavy atom. The Labute approximate surface area is 77.2 Å². The summed E-state index contributed by atoms with van der Waals surface area (Å²) in [6, 6.07) is 0. The van der Waals surface area contributed by atoms with Gasteiger partial charge < -0.3 is 9.84 Å². The van der Waals surface area contributed by atoms with E-state index in [9.17, 15) is 9.59 Å². The molecular weight excluding hydrogens is 172 g/mol. The summed E-state index contributed by atoms with van der Waals surface area (Å²) >= 11 is 0. The molecule has 74 valence electrons. The zero-order valence-electron chi connectivity index (χ0n) is 8.09. The van der Waals surface area contributed by atoms with Gasteiger partial charge in [0.2, 0.25) is 0 Å². The molecular formula is C9H14O4. The molecule has 0 rings (SSSR count). The summed E-state index contributed by atoms with van der Waals surface area (Å²) in [6.07, 6.45) is 0.173. The van der Waals surface area contributed by atoms with Crippen molar-refractivity contribution < 1.29 is 19.4 Å². The van der Waals surface area contributed by atoms with Gasteiger partial charge in [-0.05, 0) is 13.8 Å². The molecule has 0 heterocycles. The lowest BCUT2D eigenvalue weighted by Gasteiger charge is -2.06. The standard InChI is InChI=1S/C9H14O4/c1-4-7(10)8(9(11)12)6(3)13-5-2/h4-5H2,1-3H3,(H,11,12)/b8-6-. The fraction of sp³-hybridized carbons (Fsp3) is 0.556. The average molecular weight is 186 g/mol. The lowest BCUT2D eigenvalue weighted by molar-refractivity contribution is -0.135. The molecule has 0 amide bonds. The van der Waals surface area contributed by atoms with Gasteiger partial charge >= 0.3 is 5.97 Å². The molecule has 1 N–H and O–H groups in total. The third-order valence-corrected chi connectivity index (χ3v) is 1.53. The monoisotopic (exact) mass is 186 g/mol. The highest BCUT2D eigenvalue weighted by molar-refractivity contribution is 6.16. The van der Waals surface area contributed by atoms with Crippen molar-refractivity contribution in [1.29, 1.82) is 0 Å². The smallest absolute Gasteiger partial charge is 0.342 e. The molecule has 0 saturated heterocycles. The Bertz CT molecular complexity index is 240. The summed E-state index contributed by atoms with van der Waals surface area (Å²) in [5.74, 6) is -1.45. The summed E-state index contributed by atoms with van der Waals surface area (Å²) in [7, 11) is 0. The van der Waals surface area contributed by atoms with Crippen molar-refractivity contribution in [1.82, 2.24) is 0 Å². The molecule has 0 aromatic rings. The van der Waals surface area contributed by atoms with Crippen LogP contribution in [0.5, 0.6) is 0 Å². The van der Waals surface area contributed by atoms with E-state index in [-0.39, 0.29) is 17.8 Å². The number of carbonyl (C=O) groups excluding carboxylic acids is 1. The molecule has 0 unspecified atom stereocenters. The summed E-state index contributed by atoms with van der Waals surface area (Å²) < 4.78 is 4.97. The molecule has 0 atom stereocenters. The van der Waals surface area contributed by atoms with Gasteiger partial charge in [0.1, 0.15) is 11.3 Å². The van der Waals surface area contributed by atoms with E-state index >= 15 is 0 Å². The lowest BCUT2D eigenvalue weighted by atomic mass is 10.1. The average Bonchev–Trinajstić information content (AvgIpc) is 2.04. The Morgan fingerprint density at radius 3 is 2.15 bits per heavy atom. The molecule has 0 aliphatic rings. The Morgan fingerprint density at radius 2 is 1.85 bits per heavy atom. The second-order valence-corrected chi connectivity index (χ2v) is 2.45. The lowest BCUT2D eigenvalue weighted by Crippen LogP contribution is -2.14. The zero-order chi connectivity index (χ0) is 10.4. The zero-order valence-corrected chi connectivity index (χ0v) is 8.09. The van der Waals surface area contributed by atoms with Gasteiger partial charge in [0.25, 0.3) is 0 Å². The predicted molar refractivity (Wildman–Crippen MR) is 47.3 cm³/mol. The number of ketones is 1. The molecule has 0 aliphatic carbocycles. The molecule has 0 fully saturated rings. The molecule has 0 aromatic heterocycles. The van der Waals surface area contributed by atoms with Crippen LogP contribution in [0.2, 0.25) is 0 Å². The molecule has 0 bridgehead atoms. The Balaban J connectivity index is 4.88. The molecule has 13 heavy (non-hydrogen) atoms. The largest absolute Gasteiger partial charge is 0.497 e. The van der Waals surface area contributed by atoms with Gasteiger partial charge in [0, 0.05) is 6.42 Å². The first kappa shape index (κ1) is 11.7. The van der Waals surface area contributed by atoms with Crippen LogP contribution < -0.4 is 0 Å². The van der Waals surface area contributed by atoms with Gasteiger partial charge in [-0.2, -0.15) is 0 Å². The van der Waals surface area contributed by atoms with Crippen LogP contribution in [0.1, 0.15) is 27.2 Å². The van der Waals surface area contributed by atoms with E-state index in [0.29, 0.717) is 6.61 Å². The first-order valence-electron chi connectivity index (χ1n) is 4.14. The first-order chi connectivity index (χ1) is 6.04. The van der Waals surface area contributed by atoms with Crippen LogP contribution in [0.25, 0.3) is 0 Å². The van der Waals surface area contributed by atoms with Crippen LogP contribution in [0.4, 0.5) is 0 Å². The fourth-order valence-corrected chi connectivity index (χ4v) is 0.932. The number of aliphatic carboxylic acids is 1. The quantitative estimate of drug-likeness (QED) is 0.305. The number of ether oxygens (including phenoxy) is 1. The Kier molecular flexibility index (Phi) is 4.80. The van der Waals surface area contributed by atoms with E-state index in [1.54, 1.807) is 13.8 Å². The third kappa shape index (κ3) is 3.27. The second-order valence-electron chi connectivity index (χ2n) is 2.45. The van der Waals surface area contributed by atoms with Crippen LogP contribution in [0.3, 0.4) is 0 Å². The van der Waals surface area contributed by atoms with E-state index in [1.807, 2.05) is 0 Å². The molecule has 0 radical (unpaired) electrons. The number of carbonyl (C=O) groups is 2. The number of hydrogen-bond acceptors (Lipinski definition) is 3. The van der Waals surface area contributed by atoms with Crippen molar-refractivity contribution in [2.24, 2.45) is 0 Å². The fourth-order valence-electron chi connectivity index (χ4n) is 0.932. The molecule has 4 heteroatoms. The Hall–Kier alpha value is -1.32. The minimum Gasteiger partial charge on any atom is -0.497 e. The maximum atomic E-state index is 11.2. The van der Waals surface area contributed by atoms with Crippen LogP contribution in [0.15, 0.2) is 11.3 Å². The van der Waals surface area contributed by atoms with Gasteiger partial charge in [-0.3, -0.25) is 4.79 Å². The van der Waals surface area contributed by atoms with Crippen molar-refractivity contribution in [2.45, 2.75) is 27.2 Å². The molecule has 4 nitrogen and oxygen atoms in total. The van der Waals surface area contributed by atoms with Crippen molar-refractivity contribution in [3.63, 3.8) is 0 Å². The number of allylic oxidation sites excluding steroid dienone is 1. The highest BCUT2D eigenvalue weighted by Gasteiger charge is 2.19. The van der Waals surface area contributed by atoms with Crippen molar-refractivity contribution >= 4 is 11.8 Å². The SMILES string of the molecule is CCO/C(C)=C(\C(=O)O)C(=O)CC. The normalized spacial score (nSPS) is 11.9. The second kappa shape index (κ2) is 5.35. The molecule has 0 spiro atoms. The van der Waals surface area contributed by atoms with Crippen molar-refractivity contribution in [3.8, 4) is 0 Å². The third-order valence-electron chi connectivity index (χ3n) is 1.53. The molecule has 0 saturated carbocycles. The maximum absolute atomic E-state index is 11.2. The van der Waals surface area contributed by atoms with E-state index in [2.05, 4.69) is 0 Å². The van der Waals surface area contributed by atoms with Crippen molar-refractivity contribution in [3.05, 3.63) is 11.3 Å². The van der Waals surface area contributed by atoms with E-state index < -0.39 is 11.8 Å². The minimum absolute atomic E-state index is 0.173. The topological polar surface area (TPSA) is 63.6 Å². The van der Waals surface area contributed by atoms with Gasteiger partial charge in [-0.25, -0.2) is 4.79 Å². The van der Waals surface area contributed by atoms with E-state index in [4.69, 9.17) is 9.84 Å². The summed E-state index contributed by atoms with van der Waals surface area (Å²) in [5, 5.41) is 8.71. The number of Topliss-reactive ketones (excluding diaryl/α,β-unsaturated/α-hetero) is 1. The maximum Gasteiger partial charge on any atom is 0.342 e. The number of rotatable bonds is 5. The summed E-state index contributed by atoms with van der Waals surface area (Å²) in [6.45, 7) is 5.20. The van der Waals surface area contributed by atoms with E-state index in [1.165, 1.54) is 6.92 Å². The van der Waals surface area contributed by atoms with Crippen molar-refractivity contribution in [2.75, 3.05) is 6.61 Å². The number of hydrogen-bond donors (Lipinski definition) is 1. The summed E-state index contributed by atoms with van der Waals surface area (Å²) in [5.41, 5.74) is -0.246. The van der Waals surface area contributed by atoms with Gasteiger partial charge in [0.05, 0.1) is 6.61 Å². The van der Waals surface area contributed by atoms with Gasteiger partial charge in [0.15, 0.2) is 5.78 Å². The van der Waals surface area contributed by atoms with Gasteiger partial charge in [-0.15, -0.1) is 0 Å². The first-order valence-corrected chi connectivity index (χ1v) is 4.14. The van der Waals surface area contributed by atoms with Gasteiger partial charge in [-0.1, -0.05) is 6.92 Å². The molecule has 0 aliphatic heterocycles. The predicted octanol–water partition coefficient (Wildman–Crippen LogP) is 1.36. The number of carboxylic acids is 1. The number of carboxylic acid groups (broad SMARTS) is 1. The summed E-state index contributed by atoms with van der Waals surface area (Å²) in [4.78, 5) is 21.8. The minimum atomic E-state index is -1.22. The van der Waals surface area contributed by atoms with Crippen LogP contribution >= 0.6 is 0 Å². The highest BCUT2D eigenvalue weighted by Crippen LogP contribution is 2.09. The van der Waals surface area contributed by atoms with Crippen LogP contribution in [-0.2, 0) is 14.3 Å². The highest BCUT2D eigenvalue weighted by atomic mass is 16.5. The van der Waals surface area contributed by atoms with E-state index in [0.717, 1.165) is 0 Å². The van der Waals surface area contributed by atoms with Crippen LogP contribution in [-0.4, -0.2) is 23.5 Å². The van der Waals surface area contributed by atoms with Crippen LogP contribution in [0, 0.1) is 0 Å².